The van der Waals surface area contributed by atoms with Crippen LogP contribution in [-0.4, -0.2) is 11.7 Å². The van der Waals surface area contributed by atoms with Gasteiger partial charge >= 0.3 is 0 Å². The molecule has 2 rings (SSSR count). The van der Waals surface area contributed by atoms with Crippen molar-refractivity contribution in [1.29, 1.82) is 0 Å². The molecular formula is C18H24N2O2. The van der Waals surface area contributed by atoms with Crippen LogP contribution in [0.15, 0.2) is 41.3 Å². The van der Waals surface area contributed by atoms with Gasteiger partial charge in [-0.15, -0.1) is 0 Å². The molecule has 1 aromatic heterocycles. The van der Waals surface area contributed by atoms with Gasteiger partial charge in [-0.3, -0.25) is 4.79 Å². The van der Waals surface area contributed by atoms with Gasteiger partial charge in [0.2, 0.25) is 0 Å². The molecular weight excluding hydrogens is 276 g/mol. The van der Waals surface area contributed by atoms with Gasteiger partial charge in [0.05, 0.1) is 13.2 Å². The molecule has 2 N–H and O–H groups in total. The number of rotatable bonds is 5. The van der Waals surface area contributed by atoms with E-state index >= 15 is 0 Å². The number of nitrogens with two attached hydrogens (primary N) is 1. The minimum absolute atomic E-state index is 0.0159. The van der Waals surface area contributed by atoms with E-state index < -0.39 is 6.04 Å². The fourth-order valence-corrected chi connectivity index (χ4v) is 2.58. The second kappa shape index (κ2) is 6.79. The number of ether oxygens (including phenoxy) is 1. The first-order chi connectivity index (χ1) is 10.5. The maximum Gasteiger partial charge on any atom is 0.255 e. The zero-order valence-corrected chi connectivity index (χ0v) is 13.7. The SMILES string of the molecule is CCC(C)n1cccc(C(N)c2ccc(OC)c(C)c2)c1=O. The minimum Gasteiger partial charge on any atom is -0.496 e. The fourth-order valence-electron chi connectivity index (χ4n) is 2.58. The number of benzene rings is 1. The molecule has 0 aliphatic heterocycles. The first-order valence-electron chi connectivity index (χ1n) is 7.60. The minimum atomic E-state index is -0.436. The molecule has 4 nitrogen and oxygen atoms in total. The summed E-state index contributed by atoms with van der Waals surface area (Å²) in [6.07, 6.45) is 2.73. The van der Waals surface area contributed by atoms with Crippen LogP contribution in [0.25, 0.3) is 0 Å². The molecule has 2 atom stereocenters. The van der Waals surface area contributed by atoms with Crippen molar-refractivity contribution in [3.05, 3.63) is 63.6 Å². The molecule has 0 saturated carbocycles. The van der Waals surface area contributed by atoms with Crippen LogP contribution in [0.2, 0.25) is 0 Å². The Morgan fingerprint density at radius 2 is 2.05 bits per heavy atom. The Kier molecular flexibility index (Phi) is 5.03. The molecule has 0 fully saturated rings. The number of hydrogen-bond acceptors (Lipinski definition) is 3. The van der Waals surface area contributed by atoms with Crippen molar-refractivity contribution in [3.8, 4) is 5.75 Å². The van der Waals surface area contributed by atoms with Gasteiger partial charge in [0.15, 0.2) is 0 Å². The van der Waals surface area contributed by atoms with Gasteiger partial charge in [0.25, 0.3) is 5.56 Å². The predicted octanol–water partition coefficient (Wildman–Crippen LogP) is 3.18. The van der Waals surface area contributed by atoms with Crippen molar-refractivity contribution in [1.82, 2.24) is 4.57 Å². The van der Waals surface area contributed by atoms with Crippen LogP contribution in [0.3, 0.4) is 0 Å². The van der Waals surface area contributed by atoms with Crippen LogP contribution in [0, 0.1) is 6.92 Å². The van der Waals surface area contributed by atoms with Crippen LogP contribution in [0.1, 0.15) is 49.0 Å². The number of hydrogen-bond donors (Lipinski definition) is 1. The predicted molar refractivity (Wildman–Crippen MR) is 89.5 cm³/mol. The van der Waals surface area contributed by atoms with E-state index in [1.807, 2.05) is 50.4 Å². The van der Waals surface area contributed by atoms with Gasteiger partial charge in [0, 0.05) is 17.8 Å². The van der Waals surface area contributed by atoms with E-state index in [0.29, 0.717) is 5.56 Å². The smallest absolute Gasteiger partial charge is 0.255 e. The lowest BCUT2D eigenvalue weighted by atomic mass is 9.98. The highest BCUT2D eigenvalue weighted by molar-refractivity contribution is 5.40. The van der Waals surface area contributed by atoms with Crippen LogP contribution in [-0.2, 0) is 0 Å². The summed E-state index contributed by atoms with van der Waals surface area (Å²) >= 11 is 0. The van der Waals surface area contributed by atoms with Crippen molar-refractivity contribution >= 4 is 0 Å². The highest BCUT2D eigenvalue weighted by Gasteiger charge is 2.16. The molecule has 0 spiro atoms. The molecule has 2 unspecified atom stereocenters. The quantitative estimate of drug-likeness (QED) is 0.922. The van der Waals surface area contributed by atoms with E-state index in [-0.39, 0.29) is 11.6 Å². The van der Waals surface area contributed by atoms with Gasteiger partial charge in [0.1, 0.15) is 5.75 Å². The van der Waals surface area contributed by atoms with E-state index in [1.54, 1.807) is 11.7 Å². The number of aromatic nitrogens is 1. The second-order valence-electron chi connectivity index (χ2n) is 5.64. The third-order valence-corrected chi connectivity index (χ3v) is 4.18. The lowest BCUT2D eigenvalue weighted by Gasteiger charge is -2.18. The maximum absolute atomic E-state index is 12.7. The summed E-state index contributed by atoms with van der Waals surface area (Å²) in [5.41, 5.74) is 8.86. The number of aryl methyl sites for hydroxylation is 1. The second-order valence-corrected chi connectivity index (χ2v) is 5.64. The van der Waals surface area contributed by atoms with Gasteiger partial charge in [-0.2, -0.15) is 0 Å². The van der Waals surface area contributed by atoms with E-state index in [0.717, 1.165) is 23.3 Å². The molecule has 4 heteroatoms. The Labute approximate surface area is 131 Å². The van der Waals surface area contributed by atoms with Crippen LogP contribution >= 0.6 is 0 Å². The Morgan fingerprint density at radius 1 is 1.32 bits per heavy atom. The van der Waals surface area contributed by atoms with Crippen molar-refractivity contribution in [3.63, 3.8) is 0 Å². The molecule has 1 aromatic carbocycles. The summed E-state index contributed by atoms with van der Waals surface area (Å²) in [4.78, 5) is 12.7. The van der Waals surface area contributed by atoms with Crippen molar-refractivity contribution in [2.24, 2.45) is 5.73 Å². The standard InChI is InChI=1S/C18H24N2O2/c1-5-13(3)20-10-6-7-15(18(20)21)17(19)14-8-9-16(22-4)12(2)11-14/h6-11,13,17H,5,19H2,1-4H3. The molecule has 0 aliphatic carbocycles. The van der Waals surface area contributed by atoms with E-state index in [1.165, 1.54) is 0 Å². The summed E-state index contributed by atoms with van der Waals surface area (Å²) < 4.78 is 7.02. The van der Waals surface area contributed by atoms with Gasteiger partial charge < -0.3 is 15.0 Å². The summed E-state index contributed by atoms with van der Waals surface area (Å²) in [5, 5.41) is 0. The van der Waals surface area contributed by atoms with Crippen LogP contribution < -0.4 is 16.0 Å². The van der Waals surface area contributed by atoms with Gasteiger partial charge in [-0.05, 0) is 43.5 Å². The van der Waals surface area contributed by atoms with Crippen molar-refractivity contribution in [2.45, 2.75) is 39.3 Å². The van der Waals surface area contributed by atoms with Gasteiger partial charge in [-0.25, -0.2) is 0 Å². The lowest BCUT2D eigenvalue weighted by Crippen LogP contribution is -2.29. The third kappa shape index (κ3) is 3.07. The first kappa shape index (κ1) is 16.3. The van der Waals surface area contributed by atoms with Crippen LogP contribution in [0.4, 0.5) is 0 Å². The molecule has 2 aromatic rings. The number of pyridine rings is 1. The normalized spacial score (nSPS) is 13.7. The summed E-state index contributed by atoms with van der Waals surface area (Å²) in [5.74, 6) is 0.820. The fraction of sp³-hybridized carbons (Fsp3) is 0.389. The molecule has 118 valence electrons. The average Bonchev–Trinajstić information content (AvgIpc) is 2.53. The van der Waals surface area contributed by atoms with Crippen molar-refractivity contribution < 1.29 is 4.74 Å². The lowest BCUT2D eigenvalue weighted by molar-refractivity contribution is 0.411. The Morgan fingerprint density at radius 3 is 2.64 bits per heavy atom. The third-order valence-electron chi connectivity index (χ3n) is 4.18. The summed E-state index contributed by atoms with van der Waals surface area (Å²) in [7, 11) is 1.64. The summed E-state index contributed by atoms with van der Waals surface area (Å²) in [6.45, 7) is 6.07. The van der Waals surface area contributed by atoms with E-state index in [9.17, 15) is 4.79 Å². The Hall–Kier alpha value is -2.07. The average molecular weight is 300 g/mol. The molecule has 1 heterocycles. The van der Waals surface area contributed by atoms with E-state index in [4.69, 9.17) is 10.5 Å². The summed E-state index contributed by atoms with van der Waals surface area (Å²) in [6, 6.07) is 9.21. The molecule has 22 heavy (non-hydrogen) atoms. The first-order valence-corrected chi connectivity index (χ1v) is 7.60. The topological polar surface area (TPSA) is 57.2 Å². The Balaban J connectivity index is 2.44. The zero-order chi connectivity index (χ0) is 16.3. The largest absolute Gasteiger partial charge is 0.496 e. The molecule has 0 amide bonds. The monoisotopic (exact) mass is 300 g/mol. The highest BCUT2D eigenvalue weighted by atomic mass is 16.5. The number of methoxy groups -OCH3 is 1. The molecule has 0 saturated heterocycles. The van der Waals surface area contributed by atoms with Gasteiger partial charge in [-0.1, -0.05) is 25.1 Å². The molecule has 0 aliphatic rings. The highest BCUT2D eigenvalue weighted by Crippen LogP contribution is 2.24. The molecule has 0 bridgehead atoms. The van der Waals surface area contributed by atoms with E-state index in [2.05, 4.69) is 6.92 Å². The van der Waals surface area contributed by atoms with Crippen molar-refractivity contribution in [2.75, 3.05) is 7.11 Å². The number of nitrogens with zero attached hydrogens (tertiary/aromatic N) is 1. The molecule has 0 radical (unpaired) electrons. The van der Waals surface area contributed by atoms with Crippen LogP contribution in [0.5, 0.6) is 5.75 Å². The Bertz CT molecular complexity index is 706. The zero-order valence-electron chi connectivity index (χ0n) is 13.7. The maximum atomic E-state index is 12.7.